The van der Waals surface area contributed by atoms with Gasteiger partial charge in [0.25, 0.3) is 0 Å². The van der Waals surface area contributed by atoms with Gasteiger partial charge in [0.05, 0.1) is 32.7 Å². The van der Waals surface area contributed by atoms with E-state index in [0.717, 1.165) is 30.3 Å². The number of rotatable bonds is 13. The first-order chi connectivity index (χ1) is 19.6. The first-order valence-corrected chi connectivity index (χ1v) is 15.9. The second-order valence-corrected chi connectivity index (χ2v) is 13.0. The molecular weight excluding hydrogens is 715 g/mol. The van der Waals surface area contributed by atoms with Gasteiger partial charge in [0.1, 0.15) is 48.7 Å². The number of benzene rings is 3. The van der Waals surface area contributed by atoms with Gasteiger partial charge >= 0.3 is 88.7 Å². The van der Waals surface area contributed by atoms with Crippen molar-refractivity contribution in [3.8, 4) is 5.75 Å². The van der Waals surface area contributed by atoms with E-state index in [1.54, 1.807) is 0 Å². The normalized spacial score (nSPS) is 12.0. The summed E-state index contributed by atoms with van der Waals surface area (Å²) >= 11 is 0.0621. The molecule has 0 unspecified atom stereocenters. The van der Waals surface area contributed by atoms with Gasteiger partial charge in [0.2, 0.25) is 0 Å². The van der Waals surface area contributed by atoms with Gasteiger partial charge < -0.3 is 25.2 Å². The number of aromatic hydroxyl groups is 1. The molecule has 18 nitrogen and oxygen atoms in total. The maximum absolute atomic E-state index is 12.5. The molecule has 3 N–H and O–H groups in total. The Morgan fingerprint density at radius 2 is 1.31 bits per heavy atom. The minimum atomic E-state index is -5.29. The SMILES string of the molecule is Nc1cc(O)c(N=Nc2ccccc2S(=O)(=O)[O-])cc1N=Nc1ccc(S(=O)(=O)CCOSOO[O-])cc1S(=O)(=O)[O-].[Na+].[Na+].[Na+]. The summed E-state index contributed by atoms with van der Waals surface area (Å²) in [6, 6.07) is 9.26. The molecule has 0 radical (unpaired) electrons. The quantitative estimate of drug-likeness (QED) is 0.0241. The van der Waals surface area contributed by atoms with Crippen molar-refractivity contribution in [2.24, 2.45) is 20.5 Å². The van der Waals surface area contributed by atoms with E-state index in [0.29, 0.717) is 6.07 Å². The van der Waals surface area contributed by atoms with Crippen molar-refractivity contribution in [3.05, 3.63) is 54.6 Å². The van der Waals surface area contributed by atoms with Crippen molar-refractivity contribution < 1.29 is 147 Å². The van der Waals surface area contributed by atoms with Crippen LogP contribution < -0.4 is 99.7 Å². The van der Waals surface area contributed by atoms with Crippen LogP contribution in [0.25, 0.3) is 0 Å². The molecule has 3 aromatic rings. The Morgan fingerprint density at radius 3 is 1.91 bits per heavy atom. The number of hydrogen-bond acceptors (Lipinski definition) is 19. The first-order valence-electron chi connectivity index (χ1n) is 10.7. The van der Waals surface area contributed by atoms with Crippen LogP contribution in [0.4, 0.5) is 28.4 Å². The summed E-state index contributed by atoms with van der Waals surface area (Å²) in [5.74, 6) is -1.24. The van der Waals surface area contributed by atoms with Crippen LogP contribution in [0.15, 0.2) is 89.7 Å². The standard InChI is InChI=1S/C20H19N5O13S4.3Na/c21-13-10-18(26)17(25-22-14-3-1-2-4-19(14)41(30,31)32)11-16(13)24-23-15-6-5-12(9-20(15)42(33,34)35)40(28,29)8-7-36-39-38-37-27;;;/h1-6,9-11,26-27H,7-8,21H2,(H,30,31,32)(H,33,34,35);;;/q;3*+1/p-3. The third kappa shape index (κ3) is 13.1. The van der Waals surface area contributed by atoms with E-state index in [1.165, 1.54) is 18.2 Å². The number of nitrogens with two attached hydrogens (primary N) is 1. The van der Waals surface area contributed by atoms with Crippen LogP contribution in [0, 0.1) is 0 Å². The summed E-state index contributed by atoms with van der Waals surface area (Å²) in [4.78, 5) is -2.29. The molecule has 45 heavy (non-hydrogen) atoms. The molecule has 0 fully saturated rings. The molecule has 0 spiro atoms. The smallest absolute Gasteiger partial charge is 0.744 e. The Morgan fingerprint density at radius 1 is 0.756 bits per heavy atom. The van der Waals surface area contributed by atoms with E-state index < -0.39 is 68.6 Å². The van der Waals surface area contributed by atoms with E-state index in [2.05, 4.69) is 34.0 Å². The van der Waals surface area contributed by atoms with Crippen molar-refractivity contribution in [3.63, 3.8) is 0 Å². The van der Waals surface area contributed by atoms with Crippen LogP contribution in [-0.4, -0.2) is 51.8 Å². The third-order valence-electron chi connectivity index (χ3n) is 4.89. The zero-order chi connectivity index (χ0) is 31.1. The second kappa shape index (κ2) is 19.4. The minimum Gasteiger partial charge on any atom is -0.744 e. The van der Waals surface area contributed by atoms with Crippen LogP contribution in [0.5, 0.6) is 5.75 Å². The van der Waals surface area contributed by atoms with E-state index in [4.69, 9.17) is 5.73 Å². The van der Waals surface area contributed by atoms with Crippen molar-refractivity contribution in [2.45, 2.75) is 14.7 Å². The van der Waals surface area contributed by atoms with Gasteiger partial charge in [-0.25, -0.2) is 25.3 Å². The molecule has 0 aliphatic heterocycles. The molecule has 3 aromatic carbocycles. The average Bonchev–Trinajstić information content (AvgIpc) is 2.91. The van der Waals surface area contributed by atoms with Gasteiger partial charge in [-0.1, -0.05) is 12.1 Å². The van der Waals surface area contributed by atoms with Gasteiger partial charge in [0.15, 0.2) is 22.2 Å². The Bertz CT molecular complexity index is 1860. The molecule has 0 aliphatic rings. The summed E-state index contributed by atoms with van der Waals surface area (Å²) < 4.78 is 103. The molecule has 0 atom stereocenters. The molecule has 226 valence electrons. The Hall–Kier alpha value is -0.580. The molecular formula is C20H16N5Na3O13S4. The van der Waals surface area contributed by atoms with E-state index in [1.807, 2.05) is 0 Å². The topological polar surface area (TPSA) is 295 Å². The zero-order valence-corrected chi connectivity index (χ0v) is 32.7. The molecule has 0 heterocycles. The van der Waals surface area contributed by atoms with Gasteiger partial charge in [-0.2, -0.15) is 0 Å². The van der Waals surface area contributed by atoms with Gasteiger partial charge in [-0.05, 0) is 36.4 Å². The summed E-state index contributed by atoms with van der Waals surface area (Å²) in [7, 11) is -14.4. The monoisotopic (exact) mass is 731 g/mol. The predicted octanol–water partition coefficient (Wildman–Crippen LogP) is -6.80. The van der Waals surface area contributed by atoms with E-state index in [-0.39, 0.29) is 124 Å². The summed E-state index contributed by atoms with van der Waals surface area (Å²) in [5.41, 5.74) is 4.17. The molecule has 3 rings (SSSR count). The number of nitrogen functional groups attached to an aromatic ring is 1. The number of anilines is 1. The van der Waals surface area contributed by atoms with Gasteiger partial charge in [0, 0.05) is 6.07 Å². The molecule has 0 saturated heterocycles. The van der Waals surface area contributed by atoms with Crippen LogP contribution in [-0.2, 0) is 43.6 Å². The molecule has 0 aromatic heterocycles. The molecule has 0 bridgehead atoms. The zero-order valence-electron chi connectivity index (χ0n) is 23.5. The van der Waals surface area contributed by atoms with Crippen molar-refractivity contribution >= 4 is 70.8 Å². The van der Waals surface area contributed by atoms with Crippen molar-refractivity contribution in [2.75, 3.05) is 18.1 Å². The third-order valence-corrected chi connectivity index (χ3v) is 8.69. The van der Waals surface area contributed by atoms with Crippen LogP contribution in [0.2, 0.25) is 0 Å². The van der Waals surface area contributed by atoms with Crippen molar-refractivity contribution in [1.29, 1.82) is 0 Å². The second-order valence-electron chi connectivity index (χ2n) is 7.65. The summed E-state index contributed by atoms with van der Waals surface area (Å²) in [6.45, 7) is -0.505. The Labute approximate surface area is 327 Å². The largest absolute Gasteiger partial charge is 1.00 e. The fraction of sp³-hybridized carbons (Fsp3) is 0.100. The molecule has 25 heteroatoms. The fourth-order valence-electron chi connectivity index (χ4n) is 3.01. The van der Waals surface area contributed by atoms with Gasteiger partial charge in [-0.15, -0.1) is 24.8 Å². The Kier molecular flexibility index (Phi) is 19.2. The van der Waals surface area contributed by atoms with E-state index >= 15 is 0 Å². The number of hydrogen-bond donors (Lipinski definition) is 2. The first kappa shape index (κ1) is 44.4. The summed E-state index contributed by atoms with van der Waals surface area (Å²) in [6.07, 6.45) is 0. The minimum absolute atomic E-state index is 0. The maximum atomic E-state index is 12.5. The molecule has 0 aliphatic carbocycles. The number of sulfone groups is 1. The number of phenolic OH excluding ortho intramolecular Hbond substituents is 1. The Balaban J connectivity index is 0.00000645. The average molecular weight is 732 g/mol. The summed E-state index contributed by atoms with van der Waals surface area (Å²) in [5, 5.41) is 37.6. The number of nitrogens with zero attached hydrogens (tertiary/aromatic N) is 4. The number of phenols is 1. The molecule has 0 saturated carbocycles. The van der Waals surface area contributed by atoms with Crippen LogP contribution in [0.3, 0.4) is 0 Å². The maximum Gasteiger partial charge on any atom is 1.00 e. The predicted molar refractivity (Wildman–Crippen MR) is 137 cm³/mol. The van der Waals surface area contributed by atoms with E-state index in [9.17, 15) is 44.7 Å². The molecule has 0 amide bonds. The van der Waals surface area contributed by atoms with Crippen LogP contribution >= 0.6 is 12.3 Å². The number of azo groups is 2. The van der Waals surface area contributed by atoms with Crippen molar-refractivity contribution in [1.82, 2.24) is 0 Å². The fourth-order valence-corrected chi connectivity index (χ4v) is 5.76. The van der Waals surface area contributed by atoms with Gasteiger partial charge in [-0.3, -0.25) is 9.22 Å². The van der Waals surface area contributed by atoms with Crippen LogP contribution in [0.1, 0.15) is 0 Å².